The topological polar surface area (TPSA) is 26.0 Å². The Bertz CT molecular complexity index is 2580. The summed E-state index contributed by atoms with van der Waals surface area (Å²) in [5.74, 6) is 0. The smallest absolute Gasteiger partial charge is 0.144 e. The van der Waals surface area contributed by atoms with Crippen LogP contribution < -0.4 is 0 Å². The van der Waals surface area contributed by atoms with E-state index in [9.17, 15) is 0 Å². The highest BCUT2D eigenvalue weighted by molar-refractivity contribution is 6.18. The summed E-state index contributed by atoms with van der Waals surface area (Å²) < 4.78 is 6.98. The number of fused-ring (bicyclic) bond motifs is 7. The van der Waals surface area contributed by atoms with Crippen molar-refractivity contribution in [1.29, 1.82) is 0 Å². The number of nitrogens with zero attached hydrogens (tertiary/aromatic N) is 1. The standard InChI is InChI=1S/C48H31NO/c1-5-17-32(18-6-1)34-29-42(33-19-7-2-8-20-33)49-43(30-34)39-31-41-46(47-45(39)38-26-14-16-28-44(38)50-47)37-25-13-15-27-40(37)48(41,35-21-9-3-10-22-35)36-23-11-4-12-24-36/h1-31H. The quantitative estimate of drug-likeness (QED) is 0.188. The molecule has 50 heavy (non-hydrogen) atoms. The van der Waals surface area contributed by atoms with Crippen molar-refractivity contribution in [3.63, 3.8) is 0 Å². The van der Waals surface area contributed by atoms with Crippen LogP contribution in [0.2, 0.25) is 0 Å². The molecule has 0 fully saturated rings. The number of rotatable bonds is 5. The van der Waals surface area contributed by atoms with Gasteiger partial charge >= 0.3 is 0 Å². The number of pyridine rings is 1. The SMILES string of the molecule is c1ccc(-c2cc(-c3ccccc3)nc(-c3cc4c(c5oc6ccccc6c35)-c3ccccc3C4(c3ccccc3)c3ccccc3)c2)cc1. The largest absolute Gasteiger partial charge is 0.455 e. The molecule has 1 aliphatic carbocycles. The predicted octanol–water partition coefficient (Wildman–Crippen LogP) is 12.3. The first-order chi connectivity index (χ1) is 24.8. The van der Waals surface area contributed by atoms with Crippen LogP contribution in [0.15, 0.2) is 192 Å². The van der Waals surface area contributed by atoms with Gasteiger partial charge in [0.2, 0.25) is 0 Å². The number of aromatic nitrogens is 1. The molecule has 2 heterocycles. The van der Waals surface area contributed by atoms with Gasteiger partial charge in [-0.05, 0) is 63.2 Å². The molecule has 2 aromatic heterocycles. The van der Waals surface area contributed by atoms with E-state index in [0.29, 0.717) is 0 Å². The van der Waals surface area contributed by atoms with Gasteiger partial charge in [-0.1, -0.05) is 164 Å². The molecule has 234 valence electrons. The Morgan fingerprint density at radius 3 is 1.68 bits per heavy atom. The van der Waals surface area contributed by atoms with Crippen molar-refractivity contribution in [3.05, 3.63) is 210 Å². The second-order valence-corrected chi connectivity index (χ2v) is 13.0. The third-order valence-electron chi connectivity index (χ3n) is 10.3. The normalized spacial score (nSPS) is 13.0. The van der Waals surface area contributed by atoms with Crippen LogP contribution >= 0.6 is 0 Å². The molecule has 10 rings (SSSR count). The van der Waals surface area contributed by atoms with Crippen molar-refractivity contribution in [3.8, 4) is 44.8 Å². The molecule has 1 aliphatic rings. The molecule has 9 aromatic rings. The molecule has 0 amide bonds. The van der Waals surface area contributed by atoms with Gasteiger partial charge in [-0.25, -0.2) is 4.98 Å². The molecule has 0 bridgehead atoms. The second kappa shape index (κ2) is 11.3. The van der Waals surface area contributed by atoms with Crippen LogP contribution in [0.3, 0.4) is 0 Å². The summed E-state index contributed by atoms with van der Waals surface area (Å²) in [5, 5.41) is 2.17. The molecule has 0 N–H and O–H groups in total. The van der Waals surface area contributed by atoms with E-state index in [1.54, 1.807) is 0 Å². The van der Waals surface area contributed by atoms with Crippen molar-refractivity contribution < 1.29 is 4.42 Å². The summed E-state index contributed by atoms with van der Waals surface area (Å²) in [6.45, 7) is 0. The minimum absolute atomic E-state index is 0.574. The van der Waals surface area contributed by atoms with Gasteiger partial charge in [0.15, 0.2) is 0 Å². The van der Waals surface area contributed by atoms with Gasteiger partial charge in [0.05, 0.1) is 16.8 Å². The Balaban J connectivity index is 1.38. The average molecular weight is 638 g/mol. The molecule has 2 nitrogen and oxygen atoms in total. The van der Waals surface area contributed by atoms with Gasteiger partial charge in [0.1, 0.15) is 11.2 Å². The van der Waals surface area contributed by atoms with E-state index in [1.165, 1.54) is 27.8 Å². The van der Waals surface area contributed by atoms with Crippen LogP contribution in [-0.2, 0) is 5.41 Å². The zero-order chi connectivity index (χ0) is 33.1. The zero-order valence-corrected chi connectivity index (χ0v) is 27.3. The number of furan rings is 1. The molecule has 2 heteroatoms. The van der Waals surface area contributed by atoms with Crippen LogP contribution in [0.5, 0.6) is 0 Å². The van der Waals surface area contributed by atoms with Gasteiger partial charge in [-0.2, -0.15) is 0 Å². The summed E-state index contributed by atoms with van der Waals surface area (Å²) in [5.41, 5.74) is 14.7. The van der Waals surface area contributed by atoms with Crippen molar-refractivity contribution in [2.45, 2.75) is 5.41 Å². The fraction of sp³-hybridized carbons (Fsp3) is 0.0208. The number of para-hydroxylation sites is 1. The summed E-state index contributed by atoms with van der Waals surface area (Å²) in [7, 11) is 0. The van der Waals surface area contributed by atoms with Gasteiger partial charge in [0, 0.05) is 27.5 Å². The van der Waals surface area contributed by atoms with E-state index in [0.717, 1.165) is 61.1 Å². The van der Waals surface area contributed by atoms with Crippen LogP contribution in [0.4, 0.5) is 0 Å². The van der Waals surface area contributed by atoms with Crippen molar-refractivity contribution in [1.82, 2.24) is 4.98 Å². The molecule has 0 atom stereocenters. The van der Waals surface area contributed by atoms with Crippen LogP contribution in [-0.4, -0.2) is 4.98 Å². The highest BCUT2D eigenvalue weighted by Crippen LogP contribution is 2.59. The van der Waals surface area contributed by atoms with Crippen LogP contribution in [0.25, 0.3) is 66.7 Å². The lowest BCUT2D eigenvalue weighted by Gasteiger charge is -2.34. The van der Waals surface area contributed by atoms with Gasteiger partial charge in [-0.15, -0.1) is 0 Å². The summed E-state index contributed by atoms with van der Waals surface area (Å²) in [6, 6.07) is 67.1. The molecular weight excluding hydrogens is 607 g/mol. The molecule has 0 saturated carbocycles. The summed E-state index contributed by atoms with van der Waals surface area (Å²) in [6.07, 6.45) is 0. The monoisotopic (exact) mass is 637 g/mol. The first-order valence-corrected chi connectivity index (χ1v) is 17.1. The predicted molar refractivity (Wildman–Crippen MR) is 205 cm³/mol. The van der Waals surface area contributed by atoms with Crippen LogP contribution in [0, 0.1) is 0 Å². The zero-order valence-electron chi connectivity index (χ0n) is 27.3. The molecular formula is C48H31NO. The van der Waals surface area contributed by atoms with E-state index in [-0.39, 0.29) is 0 Å². The third-order valence-corrected chi connectivity index (χ3v) is 10.3. The minimum atomic E-state index is -0.574. The lowest BCUT2D eigenvalue weighted by molar-refractivity contribution is 0.669. The van der Waals surface area contributed by atoms with E-state index in [4.69, 9.17) is 9.40 Å². The summed E-state index contributed by atoms with van der Waals surface area (Å²) >= 11 is 0. The van der Waals surface area contributed by atoms with Gasteiger partial charge in [-0.3, -0.25) is 0 Å². The number of hydrogen-bond donors (Lipinski definition) is 0. The maximum atomic E-state index is 6.98. The second-order valence-electron chi connectivity index (χ2n) is 13.0. The lowest BCUT2D eigenvalue weighted by atomic mass is 9.67. The Labute approximate surface area is 291 Å². The van der Waals surface area contributed by atoms with Crippen molar-refractivity contribution in [2.24, 2.45) is 0 Å². The molecule has 0 radical (unpaired) electrons. The first-order valence-electron chi connectivity index (χ1n) is 17.1. The first kappa shape index (κ1) is 28.5. The highest BCUT2D eigenvalue weighted by Gasteiger charge is 2.48. The Hall–Kier alpha value is -6.51. The molecule has 0 unspecified atom stereocenters. The Kier molecular flexibility index (Phi) is 6.43. The van der Waals surface area contributed by atoms with Crippen molar-refractivity contribution >= 4 is 21.9 Å². The Morgan fingerprint density at radius 2 is 0.980 bits per heavy atom. The minimum Gasteiger partial charge on any atom is -0.455 e. The van der Waals surface area contributed by atoms with E-state index < -0.39 is 5.41 Å². The van der Waals surface area contributed by atoms with Crippen LogP contribution in [0.1, 0.15) is 22.3 Å². The van der Waals surface area contributed by atoms with Gasteiger partial charge < -0.3 is 4.42 Å². The number of benzene rings is 7. The molecule has 0 saturated heterocycles. The number of hydrogen-bond acceptors (Lipinski definition) is 2. The highest BCUT2D eigenvalue weighted by atomic mass is 16.3. The van der Waals surface area contributed by atoms with E-state index >= 15 is 0 Å². The fourth-order valence-electron chi connectivity index (χ4n) is 8.23. The molecule has 7 aromatic carbocycles. The maximum absolute atomic E-state index is 6.98. The fourth-order valence-corrected chi connectivity index (χ4v) is 8.23. The lowest BCUT2D eigenvalue weighted by Crippen LogP contribution is -2.28. The van der Waals surface area contributed by atoms with E-state index in [2.05, 4.69) is 188 Å². The van der Waals surface area contributed by atoms with E-state index in [1.807, 2.05) is 0 Å². The van der Waals surface area contributed by atoms with Gasteiger partial charge in [0.25, 0.3) is 0 Å². The molecule has 0 spiro atoms. The summed E-state index contributed by atoms with van der Waals surface area (Å²) in [4.78, 5) is 5.46. The third kappa shape index (κ3) is 4.18. The average Bonchev–Trinajstić information content (AvgIpc) is 3.73. The molecule has 0 aliphatic heterocycles. The van der Waals surface area contributed by atoms with Crippen molar-refractivity contribution in [2.75, 3.05) is 0 Å². The maximum Gasteiger partial charge on any atom is 0.144 e. The Morgan fingerprint density at radius 1 is 0.420 bits per heavy atom.